The molecule has 0 aliphatic rings. The minimum atomic E-state index is 0.439. The Hall–Kier alpha value is -1.68. The van der Waals surface area contributed by atoms with Gasteiger partial charge in [-0.05, 0) is 31.0 Å². The van der Waals surface area contributed by atoms with Crippen LogP contribution in [-0.4, -0.2) is 20.8 Å². The number of aromatic nitrogens is 3. The Kier molecular flexibility index (Phi) is 3.77. The van der Waals surface area contributed by atoms with Gasteiger partial charge in [-0.2, -0.15) is 5.10 Å². The van der Waals surface area contributed by atoms with Gasteiger partial charge < -0.3 is 5.32 Å². The zero-order valence-corrected chi connectivity index (χ0v) is 11.4. The predicted octanol–water partition coefficient (Wildman–Crippen LogP) is 2.38. The van der Waals surface area contributed by atoms with Crippen molar-refractivity contribution in [2.24, 2.45) is 0 Å². The smallest absolute Gasteiger partial charge is 0.146 e. The lowest BCUT2D eigenvalue weighted by Gasteiger charge is -2.11. The minimum absolute atomic E-state index is 0.439. The van der Waals surface area contributed by atoms with Crippen LogP contribution >= 0.6 is 0 Å². The Morgan fingerprint density at radius 2 is 2.06 bits per heavy atom. The SMILES string of the molecule is Cc1ccc(C)c(-n2ncnc2CNC(C)C)c1. The van der Waals surface area contributed by atoms with Crippen LogP contribution in [0.3, 0.4) is 0 Å². The van der Waals surface area contributed by atoms with Crippen molar-refractivity contribution in [1.29, 1.82) is 0 Å². The van der Waals surface area contributed by atoms with E-state index in [1.807, 2.05) is 4.68 Å². The van der Waals surface area contributed by atoms with E-state index in [-0.39, 0.29) is 0 Å². The van der Waals surface area contributed by atoms with E-state index in [4.69, 9.17) is 0 Å². The molecule has 4 heteroatoms. The molecular formula is C14H20N4. The molecular weight excluding hydrogens is 224 g/mol. The number of aryl methyl sites for hydroxylation is 2. The van der Waals surface area contributed by atoms with Crippen molar-refractivity contribution in [3.05, 3.63) is 41.5 Å². The zero-order valence-electron chi connectivity index (χ0n) is 11.4. The maximum atomic E-state index is 4.33. The molecule has 18 heavy (non-hydrogen) atoms. The summed E-state index contributed by atoms with van der Waals surface area (Å²) in [6, 6.07) is 6.81. The topological polar surface area (TPSA) is 42.7 Å². The third kappa shape index (κ3) is 2.76. The van der Waals surface area contributed by atoms with Crippen LogP contribution in [-0.2, 0) is 6.54 Å². The molecule has 1 N–H and O–H groups in total. The van der Waals surface area contributed by atoms with Gasteiger partial charge in [0.1, 0.15) is 12.2 Å². The molecule has 0 saturated carbocycles. The molecule has 0 aliphatic heterocycles. The molecule has 1 aromatic carbocycles. The molecule has 0 fully saturated rings. The molecule has 1 heterocycles. The fourth-order valence-electron chi connectivity index (χ4n) is 1.83. The summed E-state index contributed by atoms with van der Waals surface area (Å²) < 4.78 is 1.91. The molecule has 0 atom stereocenters. The number of rotatable bonds is 4. The molecule has 0 amide bonds. The summed E-state index contributed by atoms with van der Waals surface area (Å²) in [5, 5.41) is 7.70. The molecule has 96 valence electrons. The molecule has 0 bridgehead atoms. The van der Waals surface area contributed by atoms with Gasteiger partial charge in [-0.25, -0.2) is 9.67 Å². The fraction of sp³-hybridized carbons (Fsp3) is 0.429. The predicted molar refractivity (Wildman–Crippen MR) is 72.8 cm³/mol. The molecule has 4 nitrogen and oxygen atoms in total. The van der Waals surface area contributed by atoms with Crippen molar-refractivity contribution >= 4 is 0 Å². The Morgan fingerprint density at radius 1 is 1.28 bits per heavy atom. The summed E-state index contributed by atoms with van der Waals surface area (Å²) in [5.41, 5.74) is 3.54. The van der Waals surface area contributed by atoms with Gasteiger partial charge >= 0.3 is 0 Å². The average molecular weight is 244 g/mol. The summed E-state index contributed by atoms with van der Waals surface area (Å²) in [5.74, 6) is 0.942. The van der Waals surface area contributed by atoms with Gasteiger partial charge in [0, 0.05) is 6.04 Å². The lowest BCUT2D eigenvalue weighted by atomic mass is 10.1. The Balaban J connectivity index is 2.33. The molecule has 2 aromatic rings. The van der Waals surface area contributed by atoms with Gasteiger partial charge in [0.2, 0.25) is 0 Å². The Morgan fingerprint density at radius 3 is 2.78 bits per heavy atom. The highest BCUT2D eigenvalue weighted by Gasteiger charge is 2.09. The van der Waals surface area contributed by atoms with E-state index >= 15 is 0 Å². The van der Waals surface area contributed by atoms with Gasteiger partial charge in [-0.15, -0.1) is 0 Å². The lowest BCUT2D eigenvalue weighted by molar-refractivity contribution is 0.563. The first-order valence-corrected chi connectivity index (χ1v) is 6.28. The van der Waals surface area contributed by atoms with Crippen molar-refractivity contribution in [3.8, 4) is 5.69 Å². The largest absolute Gasteiger partial charge is 0.308 e. The van der Waals surface area contributed by atoms with Crippen LogP contribution in [0.4, 0.5) is 0 Å². The van der Waals surface area contributed by atoms with Crippen LogP contribution in [0.25, 0.3) is 5.69 Å². The summed E-state index contributed by atoms with van der Waals surface area (Å²) >= 11 is 0. The second kappa shape index (κ2) is 5.31. The van der Waals surface area contributed by atoms with E-state index in [1.54, 1.807) is 6.33 Å². The third-order valence-electron chi connectivity index (χ3n) is 2.88. The van der Waals surface area contributed by atoms with Crippen molar-refractivity contribution in [2.75, 3.05) is 0 Å². The second-order valence-electron chi connectivity index (χ2n) is 4.91. The number of hydrogen-bond acceptors (Lipinski definition) is 3. The van der Waals surface area contributed by atoms with E-state index in [2.05, 4.69) is 61.3 Å². The van der Waals surface area contributed by atoms with Gasteiger partial charge in [0.05, 0.1) is 12.2 Å². The summed E-state index contributed by atoms with van der Waals surface area (Å²) in [4.78, 5) is 4.32. The normalized spacial score (nSPS) is 11.2. The number of nitrogens with one attached hydrogen (secondary N) is 1. The van der Waals surface area contributed by atoms with E-state index in [1.165, 1.54) is 11.1 Å². The molecule has 2 rings (SSSR count). The molecule has 0 spiro atoms. The maximum absolute atomic E-state index is 4.33. The van der Waals surface area contributed by atoms with E-state index < -0.39 is 0 Å². The van der Waals surface area contributed by atoms with Crippen molar-refractivity contribution in [2.45, 2.75) is 40.3 Å². The van der Waals surface area contributed by atoms with Crippen molar-refractivity contribution in [1.82, 2.24) is 20.1 Å². The van der Waals surface area contributed by atoms with Crippen molar-refractivity contribution < 1.29 is 0 Å². The highest BCUT2D eigenvalue weighted by molar-refractivity contribution is 5.42. The highest BCUT2D eigenvalue weighted by atomic mass is 15.3. The Bertz CT molecular complexity index is 528. The Labute approximate surface area is 108 Å². The van der Waals surface area contributed by atoms with Crippen LogP contribution in [0.1, 0.15) is 30.8 Å². The van der Waals surface area contributed by atoms with E-state index in [0.717, 1.165) is 18.1 Å². The van der Waals surface area contributed by atoms with Gasteiger partial charge in [-0.1, -0.05) is 26.0 Å². The van der Waals surface area contributed by atoms with E-state index in [9.17, 15) is 0 Å². The van der Waals surface area contributed by atoms with Crippen LogP contribution in [0.5, 0.6) is 0 Å². The lowest BCUT2D eigenvalue weighted by Crippen LogP contribution is -2.24. The van der Waals surface area contributed by atoms with Gasteiger partial charge in [0.15, 0.2) is 0 Å². The summed E-state index contributed by atoms with van der Waals surface area (Å²) in [6.45, 7) is 9.16. The van der Waals surface area contributed by atoms with Crippen LogP contribution in [0, 0.1) is 13.8 Å². The first kappa shape index (κ1) is 12.8. The maximum Gasteiger partial charge on any atom is 0.146 e. The monoisotopic (exact) mass is 244 g/mol. The van der Waals surface area contributed by atoms with Crippen LogP contribution in [0.2, 0.25) is 0 Å². The number of hydrogen-bond donors (Lipinski definition) is 1. The third-order valence-corrected chi connectivity index (χ3v) is 2.88. The van der Waals surface area contributed by atoms with Gasteiger partial charge in [-0.3, -0.25) is 0 Å². The number of benzene rings is 1. The first-order valence-electron chi connectivity index (χ1n) is 6.28. The standard InChI is InChI=1S/C14H20N4/c1-10(2)15-8-14-16-9-17-18(14)13-7-11(3)5-6-12(13)4/h5-7,9-10,15H,8H2,1-4H3. The minimum Gasteiger partial charge on any atom is -0.308 e. The van der Waals surface area contributed by atoms with E-state index in [0.29, 0.717) is 6.04 Å². The fourth-order valence-corrected chi connectivity index (χ4v) is 1.83. The molecule has 1 aromatic heterocycles. The second-order valence-corrected chi connectivity index (χ2v) is 4.91. The average Bonchev–Trinajstić information content (AvgIpc) is 2.77. The summed E-state index contributed by atoms with van der Waals surface area (Å²) in [6.07, 6.45) is 1.61. The molecule has 0 radical (unpaired) electrons. The molecule has 0 unspecified atom stereocenters. The zero-order chi connectivity index (χ0) is 13.1. The quantitative estimate of drug-likeness (QED) is 0.898. The molecule has 0 saturated heterocycles. The van der Waals surface area contributed by atoms with Crippen molar-refractivity contribution in [3.63, 3.8) is 0 Å². The molecule has 0 aliphatic carbocycles. The van der Waals surface area contributed by atoms with Crippen LogP contribution < -0.4 is 5.32 Å². The highest BCUT2D eigenvalue weighted by Crippen LogP contribution is 2.16. The number of nitrogens with zero attached hydrogens (tertiary/aromatic N) is 3. The van der Waals surface area contributed by atoms with Crippen LogP contribution in [0.15, 0.2) is 24.5 Å². The first-order chi connectivity index (χ1) is 8.58. The summed E-state index contributed by atoms with van der Waals surface area (Å²) in [7, 11) is 0. The van der Waals surface area contributed by atoms with Gasteiger partial charge in [0.25, 0.3) is 0 Å².